The van der Waals surface area contributed by atoms with Crippen molar-refractivity contribution in [2.24, 2.45) is 5.92 Å². The highest BCUT2D eigenvalue weighted by Gasteiger charge is 2.04. The van der Waals surface area contributed by atoms with Gasteiger partial charge in [-0.15, -0.1) is 0 Å². The Hall–Kier alpha value is -1.29. The standard InChI is InChI=1S/C13H19N/c1-6-12(8-11(5)9-14)13(7-2)10(3)4/h7-8,10H,2,6H2,1,3-5H3/b11-8+,13-12+. The number of nitrogens with zero attached hydrogens (tertiary/aromatic N) is 1. The van der Waals surface area contributed by atoms with E-state index in [2.05, 4.69) is 33.4 Å². The average Bonchev–Trinajstić information content (AvgIpc) is 2.16. The molecule has 76 valence electrons. The zero-order valence-electron chi connectivity index (χ0n) is 9.59. The first-order chi connectivity index (χ1) is 6.56. The molecule has 0 fully saturated rings. The number of nitriles is 1. The fourth-order valence-electron chi connectivity index (χ4n) is 1.42. The van der Waals surface area contributed by atoms with E-state index in [-0.39, 0.29) is 0 Å². The van der Waals surface area contributed by atoms with Crippen molar-refractivity contribution in [2.45, 2.75) is 34.1 Å². The van der Waals surface area contributed by atoms with Crippen molar-refractivity contribution in [3.63, 3.8) is 0 Å². The lowest BCUT2D eigenvalue weighted by atomic mass is 9.94. The average molecular weight is 189 g/mol. The smallest absolute Gasteiger partial charge is 0.0944 e. The third kappa shape index (κ3) is 3.62. The molecule has 0 aliphatic rings. The molecule has 0 unspecified atom stereocenters. The maximum Gasteiger partial charge on any atom is 0.0944 e. The molecule has 0 aromatic carbocycles. The van der Waals surface area contributed by atoms with E-state index in [4.69, 9.17) is 5.26 Å². The van der Waals surface area contributed by atoms with E-state index in [1.807, 2.05) is 19.1 Å². The summed E-state index contributed by atoms with van der Waals surface area (Å²) in [5.41, 5.74) is 3.21. The Morgan fingerprint density at radius 1 is 1.50 bits per heavy atom. The molecule has 0 aliphatic carbocycles. The van der Waals surface area contributed by atoms with E-state index in [1.54, 1.807) is 0 Å². The molecule has 0 aliphatic heterocycles. The molecule has 0 atom stereocenters. The first-order valence-electron chi connectivity index (χ1n) is 5.00. The van der Waals surface area contributed by atoms with Crippen molar-refractivity contribution in [2.75, 3.05) is 0 Å². The highest BCUT2D eigenvalue weighted by molar-refractivity contribution is 5.38. The van der Waals surface area contributed by atoms with E-state index in [0.29, 0.717) is 5.92 Å². The van der Waals surface area contributed by atoms with Crippen molar-refractivity contribution in [3.05, 3.63) is 35.5 Å². The van der Waals surface area contributed by atoms with Crippen LogP contribution >= 0.6 is 0 Å². The third-order valence-electron chi connectivity index (χ3n) is 2.16. The Morgan fingerprint density at radius 2 is 2.07 bits per heavy atom. The Kier molecular flexibility index (Phi) is 5.64. The van der Waals surface area contributed by atoms with E-state index in [1.165, 1.54) is 11.1 Å². The van der Waals surface area contributed by atoms with Gasteiger partial charge in [0.25, 0.3) is 0 Å². The lowest BCUT2D eigenvalue weighted by Crippen LogP contribution is -1.95. The molecule has 0 amide bonds. The summed E-state index contributed by atoms with van der Waals surface area (Å²) in [4.78, 5) is 0. The molecule has 0 saturated heterocycles. The predicted octanol–water partition coefficient (Wildman–Crippen LogP) is 4.00. The van der Waals surface area contributed by atoms with Crippen LogP contribution in [0.4, 0.5) is 0 Å². The quantitative estimate of drug-likeness (QED) is 0.484. The van der Waals surface area contributed by atoms with Gasteiger partial charge in [-0.2, -0.15) is 5.26 Å². The van der Waals surface area contributed by atoms with Crippen LogP contribution in [-0.4, -0.2) is 0 Å². The van der Waals surface area contributed by atoms with Crippen molar-refractivity contribution >= 4 is 0 Å². The zero-order chi connectivity index (χ0) is 11.1. The van der Waals surface area contributed by atoms with Crippen LogP contribution in [0.15, 0.2) is 35.5 Å². The molecule has 0 saturated carbocycles. The van der Waals surface area contributed by atoms with Crippen LogP contribution in [0.25, 0.3) is 0 Å². The van der Waals surface area contributed by atoms with Crippen molar-refractivity contribution in [3.8, 4) is 6.07 Å². The van der Waals surface area contributed by atoms with E-state index in [0.717, 1.165) is 12.0 Å². The van der Waals surface area contributed by atoms with Crippen LogP contribution in [0, 0.1) is 17.2 Å². The summed E-state index contributed by atoms with van der Waals surface area (Å²) in [5.74, 6) is 0.463. The van der Waals surface area contributed by atoms with E-state index in [9.17, 15) is 0 Å². The van der Waals surface area contributed by atoms with Crippen molar-refractivity contribution in [1.82, 2.24) is 0 Å². The largest absolute Gasteiger partial charge is 0.193 e. The number of hydrogen-bond donors (Lipinski definition) is 0. The van der Waals surface area contributed by atoms with Crippen molar-refractivity contribution < 1.29 is 0 Å². The second-order valence-corrected chi connectivity index (χ2v) is 3.63. The molecule has 0 radical (unpaired) electrons. The second-order valence-electron chi connectivity index (χ2n) is 3.63. The zero-order valence-corrected chi connectivity index (χ0v) is 9.59. The molecule has 0 heterocycles. The van der Waals surface area contributed by atoms with Crippen LogP contribution in [0.3, 0.4) is 0 Å². The van der Waals surface area contributed by atoms with E-state index < -0.39 is 0 Å². The molecule has 0 spiro atoms. The second kappa shape index (κ2) is 6.21. The van der Waals surface area contributed by atoms with Crippen LogP contribution in [0.1, 0.15) is 34.1 Å². The predicted molar refractivity (Wildman–Crippen MR) is 61.7 cm³/mol. The molecular weight excluding hydrogens is 170 g/mol. The van der Waals surface area contributed by atoms with Crippen LogP contribution in [0.5, 0.6) is 0 Å². The van der Waals surface area contributed by atoms with Gasteiger partial charge >= 0.3 is 0 Å². The monoisotopic (exact) mass is 189 g/mol. The molecule has 0 aromatic rings. The van der Waals surface area contributed by atoms with Gasteiger partial charge in [0.1, 0.15) is 0 Å². The Balaban J connectivity index is 5.22. The van der Waals surface area contributed by atoms with Gasteiger partial charge in [0.05, 0.1) is 6.07 Å². The minimum atomic E-state index is 0.463. The van der Waals surface area contributed by atoms with Gasteiger partial charge < -0.3 is 0 Å². The first-order valence-corrected chi connectivity index (χ1v) is 5.00. The summed E-state index contributed by atoms with van der Waals surface area (Å²) >= 11 is 0. The maximum absolute atomic E-state index is 8.71. The lowest BCUT2D eigenvalue weighted by Gasteiger charge is -2.11. The van der Waals surface area contributed by atoms with Crippen LogP contribution in [0.2, 0.25) is 0 Å². The van der Waals surface area contributed by atoms with Gasteiger partial charge in [0.15, 0.2) is 0 Å². The van der Waals surface area contributed by atoms with E-state index >= 15 is 0 Å². The van der Waals surface area contributed by atoms with Gasteiger partial charge in [-0.3, -0.25) is 0 Å². The summed E-state index contributed by atoms with van der Waals surface area (Å²) < 4.78 is 0. The molecule has 0 rings (SSSR count). The molecule has 0 bridgehead atoms. The molecule has 0 N–H and O–H groups in total. The Bertz CT molecular complexity index is 298. The number of rotatable bonds is 4. The Morgan fingerprint density at radius 3 is 2.36 bits per heavy atom. The minimum absolute atomic E-state index is 0.463. The fraction of sp³-hybridized carbons (Fsp3) is 0.462. The Labute approximate surface area is 87.4 Å². The lowest BCUT2D eigenvalue weighted by molar-refractivity contribution is 0.777. The van der Waals surface area contributed by atoms with Gasteiger partial charge in [-0.05, 0) is 36.5 Å². The van der Waals surface area contributed by atoms with Crippen molar-refractivity contribution in [1.29, 1.82) is 5.26 Å². The summed E-state index contributed by atoms with van der Waals surface area (Å²) in [6.45, 7) is 12.0. The summed E-state index contributed by atoms with van der Waals surface area (Å²) in [7, 11) is 0. The fourth-order valence-corrected chi connectivity index (χ4v) is 1.42. The summed E-state index contributed by atoms with van der Waals surface area (Å²) in [5, 5.41) is 8.71. The van der Waals surface area contributed by atoms with Gasteiger partial charge in [0.2, 0.25) is 0 Å². The molecule has 1 nitrogen and oxygen atoms in total. The third-order valence-corrected chi connectivity index (χ3v) is 2.16. The normalized spacial score (nSPS) is 13.6. The summed E-state index contributed by atoms with van der Waals surface area (Å²) in [6, 6.07) is 2.14. The highest BCUT2D eigenvalue weighted by Crippen LogP contribution is 2.20. The molecule has 1 heteroatoms. The summed E-state index contributed by atoms with van der Waals surface area (Å²) in [6.07, 6.45) is 4.79. The number of allylic oxidation sites excluding steroid dienone is 5. The van der Waals surface area contributed by atoms with Gasteiger partial charge in [-0.25, -0.2) is 0 Å². The molecular formula is C13H19N. The van der Waals surface area contributed by atoms with Crippen LogP contribution < -0.4 is 0 Å². The first kappa shape index (κ1) is 12.7. The SMILES string of the molecule is C=C/C(=C(\C=C(/C)C#N)CC)C(C)C. The topological polar surface area (TPSA) is 23.8 Å². The number of hydrogen-bond acceptors (Lipinski definition) is 1. The molecule has 0 aromatic heterocycles. The van der Waals surface area contributed by atoms with Gasteiger partial charge in [-0.1, -0.05) is 33.4 Å². The molecule has 14 heavy (non-hydrogen) atoms. The minimum Gasteiger partial charge on any atom is -0.193 e. The van der Waals surface area contributed by atoms with Crippen LogP contribution in [-0.2, 0) is 0 Å². The maximum atomic E-state index is 8.71. The highest BCUT2D eigenvalue weighted by atomic mass is 14.2. The van der Waals surface area contributed by atoms with Gasteiger partial charge in [0, 0.05) is 5.57 Å².